The zero-order valence-corrected chi connectivity index (χ0v) is 19.1. The van der Waals surface area contributed by atoms with Crippen molar-refractivity contribution in [1.82, 2.24) is 0 Å². The highest BCUT2D eigenvalue weighted by Crippen LogP contribution is 2.48. The van der Waals surface area contributed by atoms with Crippen LogP contribution in [-0.4, -0.2) is 59.6 Å². The molecule has 3 rings (SSSR count). The Kier molecular flexibility index (Phi) is 7.25. The molecule has 176 valence electrons. The third-order valence-electron chi connectivity index (χ3n) is 6.51. The number of ether oxygens (including phenoxy) is 4. The van der Waals surface area contributed by atoms with E-state index in [9.17, 15) is 19.5 Å². The Morgan fingerprint density at radius 1 is 1.22 bits per heavy atom. The highest BCUT2D eigenvalue weighted by atomic mass is 16.6. The van der Waals surface area contributed by atoms with E-state index < -0.39 is 47.7 Å². The van der Waals surface area contributed by atoms with Gasteiger partial charge in [0.2, 0.25) is 0 Å². The monoisotopic (exact) mass is 448 g/mol. The zero-order chi connectivity index (χ0) is 23.6. The number of aliphatic hydroxyl groups is 1. The second-order valence-electron chi connectivity index (χ2n) is 8.91. The molecule has 8 heteroatoms. The topological polar surface area (TPSA) is 112 Å². The summed E-state index contributed by atoms with van der Waals surface area (Å²) in [6.45, 7) is 10.3. The molecule has 0 bridgehead atoms. The van der Waals surface area contributed by atoms with E-state index in [1.165, 1.54) is 13.8 Å². The van der Waals surface area contributed by atoms with E-state index >= 15 is 0 Å². The van der Waals surface area contributed by atoms with Gasteiger partial charge in [-0.3, -0.25) is 9.59 Å². The van der Waals surface area contributed by atoms with Gasteiger partial charge < -0.3 is 24.1 Å². The average molecular weight is 449 g/mol. The first-order valence-electron chi connectivity index (χ1n) is 10.9. The Morgan fingerprint density at radius 2 is 1.94 bits per heavy atom. The predicted molar refractivity (Wildman–Crippen MR) is 114 cm³/mol. The number of fused-ring (bicyclic) bond motifs is 2. The molecule has 0 unspecified atom stereocenters. The van der Waals surface area contributed by atoms with Gasteiger partial charge in [0.05, 0.1) is 12.2 Å². The van der Waals surface area contributed by atoms with Crippen molar-refractivity contribution in [3.63, 3.8) is 0 Å². The lowest BCUT2D eigenvalue weighted by Crippen LogP contribution is -2.37. The Balaban J connectivity index is 1.95. The molecule has 2 heterocycles. The van der Waals surface area contributed by atoms with E-state index in [1.807, 2.05) is 19.1 Å². The predicted octanol–water partition coefficient (Wildman–Crippen LogP) is 2.54. The number of allylic oxidation sites excluding steroid dienone is 1. The number of aliphatic hydroxyl groups excluding tert-OH is 1. The summed E-state index contributed by atoms with van der Waals surface area (Å²) in [5.74, 6) is -1.85. The average Bonchev–Trinajstić information content (AvgIpc) is 3.33. The first kappa shape index (κ1) is 24.2. The Hall–Kier alpha value is -2.45. The largest absolute Gasteiger partial charge is 0.463 e. The van der Waals surface area contributed by atoms with Gasteiger partial charge in [-0.1, -0.05) is 18.7 Å². The first-order chi connectivity index (χ1) is 15.0. The summed E-state index contributed by atoms with van der Waals surface area (Å²) < 4.78 is 22.4. The number of epoxide rings is 1. The number of hydrogen-bond acceptors (Lipinski definition) is 8. The molecule has 0 amide bonds. The third kappa shape index (κ3) is 5.30. The smallest absolute Gasteiger partial charge is 0.334 e. The van der Waals surface area contributed by atoms with Crippen molar-refractivity contribution in [2.24, 2.45) is 5.92 Å². The van der Waals surface area contributed by atoms with Crippen LogP contribution in [0.2, 0.25) is 0 Å². The molecule has 0 spiro atoms. The highest BCUT2D eigenvalue weighted by Gasteiger charge is 2.59. The number of hydrogen-bond donors (Lipinski definition) is 1. The van der Waals surface area contributed by atoms with Crippen molar-refractivity contribution in [3.8, 4) is 0 Å². The van der Waals surface area contributed by atoms with Crippen LogP contribution in [0.4, 0.5) is 0 Å². The minimum atomic E-state index is -0.804. The molecule has 1 N–H and O–H groups in total. The van der Waals surface area contributed by atoms with Crippen molar-refractivity contribution < 1.29 is 38.4 Å². The van der Waals surface area contributed by atoms with Gasteiger partial charge in [-0.05, 0) is 50.7 Å². The van der Waals surface area contributed by atoms with Crippen molar-refractivity contribution in [2.75, 3.05) is 6.61 Å². The molecular weight excluding hydrogens is 416 g/mol. The van der Waals surface area contributed by atoms with Crippen LogP contribution in [0.25, 0.3) is 0 Å². The zero-order valence-electron chi connectivity index (χ0n) is 19.1. The Labute approximate surface area is 188 Å². The maximum atomic E-state index is 12.4. The summed E-state index contributed by atoms with van der Waals surface area (Å²) in [6.07, 6.45) is 3.23. The van der Waals surface area contributed by atoms with Gasteiger partial charge in [-0.2, -0.15) is 0 Å². The minimum absolute atomic E-state index is 0.105. The van der Waals surface area contributed by atoms with Crippen LogP contribution in [0.5, 0.6) is 0 Å². The van der Waals surface area contributed by atoms with E-state index in [0.717, 1.165) is 5.57 Å². The summed E-state index contributed by atoms with van der Waals surface area (Å²) in [7, 11) is 0. The van der Waals surface area contributed by atoms with Gasteiger partial charge in [-0.15, -0.1) is 0 Å². The molecule has 2 fully saturated rings. The summed E-state index contributed by atoms with van der Waals surface area (Å²) >= 11 is 0. The number of esters is 3. The number of carbonyl (C=O) groups excluding carboxylic acids is 3. The molecule has 2 saturated heterocycles. The van der Waals surface area contributed by atoms with Crippen molar-refractivity contribution in [3.05, 3.63) is 35.5 Å². The molecule has 0 aromatic rings. The first-order valence-corrected chi connectivity index (χ1v) is 10.9. The summed E-state index contributed by atoms with van der Waals surface area (Å²) in [4.78, 5) is 35.6. The van der Waals surface area contributed by atoms with Crippen LogP contribution in [0.3, 0.4) is 0 Å². The maximum absolute atomic E-state index is 12.4. The minimum Gasteiger partial charge on any atom is -0.463 e. The maximum Gasteiger partial charge on any atom is 0.334 e. The van der Waals surface area contributed by atoms with E-state index in [-0.39, 0.29) is 12.7 Å². The fraction of sp³-hybridized carbons (Fsp3) is 0.625. The van der Waals surface area contributed by atoms with E-state index in [2.05, 4.69) is 6.58 Å². The second-order valence-corrected chi connectivity index (χ2v) is 8.91. The fourth-order valence-corrected chi connectivity index (χ4v) is 4.44. The quantitative estimate of drug-likeness (QED) is 0.231. The van der Waals surface area contributed by atoms with Gasteiger partial charge in [0.15, 0.2) is 6.10 Å². The molecular formula is C24H32O8. The molecule has 32 heavy (non-hydrogen) atoms. The van der Waals surface area contributed by atoms with Gasteiger partial charge >= 0.3 is 17.9 Å². The normalized spacial score (nSPS) is 38.6. The molecule has 0 saturated carbocycles. The van der Waals surface area contributed by atoms with Crippen molar-refractivity contribution in [1.29, 1.82) is 0 Å². The molecule has 3 aliphatic rings. The van der Waals surface area contributed by atoms with Gasteiger partial charge in [0.25, 0.3) is 0 Å². The van der Waals surface area contributed by atoms with E-state index in [1.54, 1.807) is 6.92 Å². The summed E-state index contributed by atoms with van der Waals surface area (Å²) in [5.41, 5.74) is 1.13. The van der Waals surface area contributed by atoms with Crippen molar-refractivity contribution in [2.45, 2.75) is 83.4 Å². The standard InChI is InChI=1S/C24H32O8/c1-13-7-6-10-24(12-29-16(4)25)20(32-24)11-18-15(3)23(28)31-22(18)21(30-17(5)26)14(2)8-9-19(13)27/h7-8,18-22,27H,3,6,9-12H2,1-2,4-5H3/b13-7-,14-8-/t18-,19+,20-,21-,22-,24+/m1/s1. The molecule has 8 nitrogen and oxygen atoms in total. The molecule has 0 aromatic heterocycles. The van der Waals surface area contributed by atoms with Gasteiger partial charge in [0, 0.05) is 25.3 Å². The Morgan fingerprint density at radius 3 is 2.59 bits per heavy atom. The van der Waals surface area contributed by atoms with Crippen LogP contribution in [0, 0.1) is 5.92 Å². The summed E-state index contributed by atoms with van der Waals surface area (Å²) in [6, 6.07) is 0. The van der Waals surface area contributed by atoms with Crippen molar-refractivity contribution >= 4 is 17.9 Å². The number of rotatable bonds is 3. The van der Waals surface area contributed by atoms with Crippen LogP contribution >= 0.6 is 0 Å². The lowest BCUT2D eigenvalue weighted by Gasteiger charge is -2.28. The Bertz CT molecular complexity index is 856. The SMILES string of the molecule is C=C1C(=O)O[C@@H]2[C@@H]1C[C@H]1O[C@]1(COC(C)=O)CC/C=C(/C)[C@@H](O)C/C=C(/C)[C@H]2OC(C)=O. The summed E-state index contributed by atoms with van der Waals surface area (Å²) in [5, 5.41) is 10.5. The molecule has 1 aliphatic carbocycles. The lowest BCUT2D eigenvalue weighted by atomic mass is 9.83. The second kappa shape index (κ2) is 9.58. The van der Waals surface area contributed by atoms with Crippen LogP contribution < -0.4 is 0 Å². The molecule has 6 atom stereocenters. The van der Waals surface area contributed by atoms with Crippen LogP contribution in [-0.2, 0) is 33.3 Å². The fourth-order valence-electron chi connectivity index (χ4n) is 4.44. The lowest BCUT2D eigenvalue weighted by molar-refractivity contribution is -0.157. The van der Waals surface area contributed by atoms with Crippen LogP contribution in [0.1, 0.15) is 53.4 Å². The van der Waals surface area contributed by atoms with Crippen LogP contribution in [0.15, 0.2) is 35.5 Å². The number of carbonyl (C=O) groups is 3. The third-order valence-corrected chi connectivity index (χ3v) is 6.51. The highest BCUT2D eigenvalue weighted by molar-refractivity contribution is 5.91. The molecule has 0 aromatic carbocycles. The van der Waals surface area contributed by atoms with Gasteiger partial charge in [0.1, 0.15) is 18.3 Å². The molecule has 0 radical (unpaired) electrons. The molecule has 2 aliphatic heterocycles. The van der Waals surface area contributed by atoms with Gasteiger partial charge in [-0.25, -0.2) is 4.79 Å². The van der Waals surface area contributed by atoms with E-state index in [4.69, 9.17) is 18.9 Å². The van der Waals surface area contributed by atoms with E-state index in [0.29, 0.717) is 36.8 Å².